The minimum absolute atomic E-state index is 0. The van der Waals surface area contributed by atoms with Crippen molar-refractivity contribution in [2.75, 3.05) is 103 Å². The van der Waals surface area contributed by atoms with Gasteiger partial charge in [0.2, 0.25) is 0 Å². The molecular formula is C16H42IN3O6. The molecule has 0 spiro atoms. The van der Waals surface area contributed by atoms with Crippen LogP contribution in [-0.4, -0.2) is 138 Å². The van der Waals surface area contributed by atoms with Crippen LogP contribution in [-0.2, 0) is 0 Å². The Morgan fingerprint density at radius 3 is 0.731 bits per heavy atom. The van der Waals surface area contributed by atoms with Crippen molar-refractivity contribution in [3.05, 3.63) is 0 Å². The molecule has 0 aromatic heterocycles. The number of hydrogen-bond donors (Lipinski definition) is 3. The molecule has 0 amide bonds. The van der Waals surface area contributed by atoms with Gasteiger partial charge in [-0.05, 0) is 6.16 Å². The summed E-state index contributed by atoms with van der Waals surface area (Å²) in [7, 11) is 18.5. The normalized spacial score (nSPS) is 10.6. The van der Waals surface area contributed by atoms with Gasteiger partial charge in [0, 0.05) is 0 Å². The molecule has 0 radical (unpaired) electrons. The second-order valence-corrected chi connectivity index (χ2v) is 8.46. The Kier molecular flexibility index (Phi) is 27.5. The lowest BCUT2D eigenvalue weighted by Crippen LogP contribution is -3.00. The van der Waals surface area contributed by atoms with E-state index in [0.29, 0.717) is 0 Å². The molecule has 9 nitrogen and oxygen atoms in total. The molecule has 0 atom stereocenters. The highest BCUT2D eigenvalue weighted by molar-refractivity contribution is 5.47. The number of aliphatic hydroxyl groups is 3. The Hall–Kier alpha value is -0.240. The fourth-order valence-electron chi connectivity index (χ4n) is 0.900. The zero-order valence-electron chi connectivity index (χ0n) is 18.0. The van der Waals surface area contributed by atoms with E-state index in [1.807, 2.05) is 0 Å². The molecular weight excluding hydrogens is 457 g/mol. The number of nitrogens with zero attached hydrogens (tertiary/aromatic N) is 3. The molecule has 0 aliphatic carbocycles. The first-order valence-electron chi connectivity index (χ1n) is 8.03. The van der Waals surface area contributed by atoms with Gasteiger partial charge in [0.1, 0.15) is 19.6 Å². The molecule has 0 aliphatic heterocycles. The molecule has 0 bridgehead atoms. The van der Waals surface area contributed by atoms with Crippen LogP contribution < -0.4 is 34.2 Å². The van der Waals surface area contributed by atoms with Crippen LogP contribution in [0.25, 0.3) is 0 Å². The number of carbonyl (C=O) groups is 1. The fraction of sp³-hybridized carbons (Fsp3) is 0.938. The van der Waals surface area contributed by atoms with Crippen molar-refractivity contribution in [2.45, 2.75) is 0 Å². The number of hydrogen-bond acceptors (Lipinski definition) is 6. The lowest BCUT2D eigenvalue weighted by atomic mass is 10.5. The van der Waals surface area contributed by atoms with Gasteiger partial charge in [-0.25, -0.2) is 0 Å². The zero-order valence-corrected chi connectivity index (χ0v) is 20.2. The van der Waals surface area contributed by atoms with Crippen molar-refractivity contribution in [1.29, 1.82) is 0 Å². The number of carboxylic acid groups (broad SMARTS) is 2. The fourth-order valence-corrected chi connectivity index (χ4v) is 0.900. The van der Waals surface area contributed by atoms with Gasteiger partial charge in [0.15, 0.2) is 0 Å². The summed E-state index contributed by atoms with van der Waals surface area (Å²) in [5.74, 6) is 0. The average Bonchev–Trinajstić information content (AvgIpc) is 2.24. The van der Waals surface area contributed by atoms with E-state index in [2.05, 4.69) is 63.4 Å². The van der Waals surface area contributed by atoms with Crippen LogP contribution in [0.5, 0.6) is 0 Å². The lowest BCUT2D eigenvalue weighted by molar-refractivity contribution is -0.870. The highest BCUT2D eigenvalue weighted by atomic mass is 127. The first-order chi connectivity index (χ1) is 10.9. The third kappa shape index (κ3) is 89.0. The van der Waals surface area contributed by atoms with Crippen molar-refractivity contribution >= 4 is 6.16 Å². The van der Waals surface area contributed by atoms with Crippen LogP contribution in [0.1, 0.15) is 0 Å². The summed E-state index contributed by atoms with van der Waals surface area (Å²) in [5.41, 5.74) is 0. The van der Waals surface area contributed by atoms with E-state index in [1.165, 1.54) is 0 Å². The summed E-state index contributed by atoms with van der Waals surface area (Å²) >= 11 is 0. The smallest absolute Gasteiger partial charge is 0.101 e. The summed E-state index contributed by atoms with van der Waals surface area (Å²) in [6.45, 7) is 3.34. The SMILES string of the molecule is C[N+](C)(C)CCO.C[N+](C)(C)CCO.C[N+](C)(C)CCO.O=C([O-])[O-].[I-]. The predicted octanol–water partition coefficient (Wildman–Crippen LogP) is -6.39. The molecule has 0 aromatic rings. The van der Waals surface area contributed by atoms with Crippen molar-refractivity contribution in [3.63, 3.8) is 0 Å². The van der Waals surface area contributed by atoms with Gasteiger partial charge in [-0.15, -0.1) is 0 Å². The topological polar surface area (TPSA) is 124 Å². The molecule has 10 heteroatoms. The van der Waals surface area contributed by atoms with Crippen LogP contribution in [0.3, 0.4) is 0 Å². The minimum atomic E-state index is -2.33. The Bertz CT molecular complexity index is 258. The maximum absolute atomic E-state index is 8.39. The van der Waals surface area contributed by atoms with E-state index in [9.17, 15) is 0 Å². The zero-order chi connectivity index (χ0) is 21.3. The van der Waals surface area contributed by atoms with Crippen LogP contribution in [0.2, 0.25) is 0 Å². The Labute approximate surface area is 176 Å². The molecule has 0 heterocycles. The molecule has 0 aliphatic rings. The van der Waals surface area contributed by atoms with Crippen molar-refractivity contribution in [3.8, 4) is 0 Å². The first-order valence-corrected chi connectivity index (χ1v) is 8.03. The highest BCUT2D eigenvalue weighted by Gasteiger charge is 2.03. The number of rotatable bonds is 6. The Morgan fingerprint density at radius 1 is 0.615 bits per heavy atom. The van der Waals surface area contributed by atoms with Gasteiger partial charge in [0.05, 0.1) is 83.2 Å². The minimum Gasteiger partial charge on any atom is -1.00 e. The molecule has 0 unspecified atom stereocenters. The van der Waals surface area contributed by atoms with Crippen LogP contribution in [0, 0.1) is 0 Å². The van der Waals surface area contributed by atoms with Gasteiger partial charge in [-0.2, -0.15) is 0 Å². The van der Waals surface area contributed by atoms with Crippen molar-refractivity contribution in [2.24, 2.45) is 0 Å². The van der Waals surface area contributed by atoms with Gasteiger partial charge < -0.3 is 67.8 Å². The average molecular weight is 499 g/mol. The molecule has 0 aromatic carbocycles. The summed E-state index contributed by atoms with van der Waals surface area (Å²) in [5, 5.41) is 41.8. The maximum Gasteiger partial charge on any atom is 0.101 e. The van der Waals surface area contributed by atoms with Crippen LogP contribution in [0.15, 0.2) is 0 Å². The number of likely N-dealkylation sites (N-methyl/N-ethyl adjacent to an activating group) is 3. The van der Waals surface area contributed by atoms with Crippen molar-refractivity contribution < 1.29 is 67.8 Å². The second kappa shape index (κ2) is 19.5. The maximum atomic E-state index is 8.39. The predicted molar refractivity (Wildman–Crippen MR) is 95.4 cm³/mol. The highest BCUT2D eigenvalue weighted by Crippen LogP contribution is 1.85. The molecule has 26 heavy (non-hydrogen) atoms. The standard InChI is InChI=1S/3C5H14NO.CH2O3.HI/c3*1-6(2,3)4-5-7;2-1(3)4;/h3*7H,4-5H2,1-3H3;(H2,2,3,4);1H/q3*+1;;/p-3. The third-order valence-corrected chi connectivity index (χ3v) is 2.31. The second-order valence-electron chi connectivity index (χ2n) is 8.46. The number of halogens is 1. The summed E-state index contributed by atoms with van der Waals surface area (Å²) in [6.07, 6.45) is -2.33. The van der Waals surface area contributed by atoms with E-state index in [4.69, 9.17) is 30.3 Å². The van der Waals surface area contributed by atoms with E-state index < -0.39 is 6.16 Å². The molecule has 3 N–H and O–H groups in total. The Balaban J connectivity index is -0.0000000759. The van der Waals surface area contributed by atoms with Gasteiger partial charge in [-0.3, -0.25) is 0 Å². The summed E-state index contributed by atoms with van der Waals surface area (Å²) in [4.78, 5) is 8.33. The largest absolute Gasteiger partial charge is 1.00 e. The molecule has 0 saturated carbocycles. The lowest BCUT2D eigenvalue weighted by Gasteiger charge is -2.21. The van der Waals surface area contributed by atoms with Gasteiger partial charge in [0.25, 0.3) is 0 Å². The van der Waals surface area contributed by atoms with E-state index in [0.717, 1.165) is 33.1 Å². The number of aliphatic hydroxyl groups excluding tert-OH is 3. The molecule has 164 valence electrons. The monoisotopic (exact) mass is 499 g/mol. The third-order valence-electron chi connectivity index (χ3n) is 2.31. The molecule has 0 rings (SSSR count). The van der Waals surface area contributed by atoms with Crippen LogP contribution in [0.4, 0.5) is 4.79 Å². The number of quaternary nitrogens is 3. The molecule has 0 saturated heterocycles. The quantitative estimate of drug-likeness (QED) is 0.247. The number of carbonyl (C=O) groups excluding carboxylic acids is 1. The summed E-state index contributed by atoms with van der Waals surface area (Å²) < 4.78 is 2.53. The van der Waals surface area contributed by atoms with Gasteiger partial charge in [-0.1, -0.05) is 0 Å². The van der Waals surface area contributed by atoms with Crippen LogP contribution >= 0.6 is 0 Å². The first kappa shape index (κ1) is 36.6. The van der Waals surface area contributed by atoms with Gasteiger partial charge >= 0.3 is 0 Å². The molecule has 0 fully saturated rings. The Morgan fingerprint density at radius 2 is 0.731 bits per heavy atom. The van der Waals surface area contributed by atoms with E-state index in [-0.39, 0.29) is 43.8 Å². The van der Waals surface area contributed by atoms with E-state index >= 15 is 0 Å². The van der Waals surface area contributed by atoms with Crippen molar-refractivity contribution in [1.82, 2.24) is 0 Å². The summed E-state index contributed by atoms with van der Waals surface area (Å²) in [6, 6.07) is 0. The van der Waals surface area contributed by atoms with E-state index in [1.54, 1.807) is 0 Å².